The first-order valence-electron chi connectivity index (χ1n) is 6.53. The second-order valence-corrected chi connectivity index (χ2v) is 4.35. The van der Waals surface area contributed by atoms with Crippen molar-refractivity contribution in [3.63, 3.8) is 0 Å². The monoisotopic (exact) mass is 280 g/mol. The topological polar surface area (TPSA) is 105 Å². The summed E-state index contributed by atoms with van der Waals surface area (Å²) in [6.07, 6.45) is 1.18. The molecular weight excluding hydrogens is 260 g/mol. The van der Waals surface area contributed by atoms with Gasteiger partial charge in [0.2, 0.25) is 0 Å². The quantitative estimate of drug-likeness (QED) is 0.713. The van der Waals surface area contributed by atoms with Gasteiger partial charge in [-0.25, -0.2) is 9.59 Å². The van der Waals surface area contributed by atoms with Crippen LogP contribution < -0.4 is 11.5 Å². The van der Waals surface area contributed by atoms with E-state index < -0.39 is 12.2 Å². The first-order valence-corrected chi connectivity index (χ1v) is 6.53. The fraction of sp³-hybridized carbons (Fsp3) is 0.429. The molecule has 1 atom stereocenters. The van der Waals surface area contributed by atoms with Gasteiger partial charge in [-0.15, -0.1) is 0 Å². The molecule has 1 aromatic rings. The summed E-state index contributed by atoms with van der Waals surface area (Å²) in [7, 11) is 0. The van der Waals surface area contributed by atoms with Crippen molar-refractivity contribution < 1.29 is 19.1 Å². The molecule has 0 bridgehead atoms. The molecule has 110 valence electrons. The predicted molar refractivity (Wildman–Crippen MR) is 73.9 cm³/mol. The van der Waals surface area contributed by atoms with E-state index in [4.69, 9.17) is 16.2 Å². The third-order valence-electron chi connectivity index (χ3n) is 2.78. The molecule has 2 amide bonds. The Morgan fingerprint density at radius 3 is 2.30 bits per heavy atom. The van der Waals surface area contributed by atoms with Gasteiger partial charge in [-0.3, -0.25) is 0 Å². The third-order valence-corrected chi connectivity index (χ3v) is 2.78. The summed E-state index contributed by atoms with van der Waals surface area (Å²) >= 11 is 0. The van der Waals surface area contributed by atoms with Gasteiger partial charge in [-0.1, -0.05) is 30.3 Å². The van der Waals surface area contributed by atoms with E-state index >= 15 is 0 Å². The Morgan fingerprint density at radius 2 is 1.70 bits per heavy atom. The Bertz CT molecular complexity index is 422. The van der Waals surface area contributed by atoms with Crippen LogP contribution in [0.1, 0.15) is 37.4 Å². The SMILES string of the molecule is NC(=O)OCCCCCC(OC(N)=O)c1ccccc1. The minimum absolute atomic E-state index is 0.308. The number of amides is 2. The molecule has 4 N–H and O–H groups in total. The summed E-state index contributed by atoms with van der Waals surface area (Å²) in [4.78, 5) is 21.3. The molecule has 0 aromatic heterocycles. The van der Waals surface area contributed by atoms with Gasteiger partial charge in [-0.05, 0) is 31.2 Å². The van der Waals surface area contributed by atoms with Crippen molar-refractivity contribution in [2.45, 2.75) is 31.8 Å². The number of nitrogens with two attached hydrogens (primary N) is 2. The smallest absolute Gasteiger partial charge is 0.405 e. The highest BCUT2D eigenvalue weighted by atomic mass is 16.6. The van der Waals surface area contributed by atoms with Crippen molar-refractivity contribution in [1.29, 1.82) is 0 Å². The minimum atomic E-state index is -0.782. The van der Waals surface area contributed by atoms with Gasteiger partial charge in [0.1, 0.15) is 6.10 Å². The molecule has 0 saturated carbocycles. The van der Waals surface area contributed by atoms with Crippen LogP contribution in [0.4, 0.5) is 9.59 Å². The van der Waals surface area contributed by atoms with E-state index in [2.05, 4.69) is 4.74 Å². The van der Waals surface area contributed by atoms with Gasteiger partial charge in [0.05, 0.1) is 6.61 Å². The van der Waals surface area contributed by atoms with E-state index in [1.165, 1.54) is 0 Å². The fourth-order valence-electron chi connectivity index (χ4n) is 1.88. The van der Waals surface area contributed by atoms with E-state index in [1.54, 1.807) is 0 Å². The van der Waals surface area contributed by atoms with Crippen LogP contribution in [0.3, 0.4) is 0 Å². The molecule has 6 heteroatoms. The van der Waals surface area contributed by atoms with Crippen molar-refractivity contribution >= 4 is 12.2 Å². The Labute approximate surface area is 118 Å². The lowest BCUT2D eigenvalue weighted by Crippen LogP contribution is -2.17. The number of hydrogen-bond donors (Lipinski definition) is 2. The number of carbonyl (C=O) groups is 2. The van der Waals surface area contributed by atoms with E-state index in [0.717, 1.165) is 24.8 Å². The number of rotatable bonds is 8. The van der Waals surface area contributed by atoms with Crippen molar-refractivity contribution in [2.24, 2.45) is 11.5 Å². The lowest BCUT2D eigenvalue weighted by Gasteiger charge is -2.16. The zero-order valence-electron chi connectivity index (χ0n) is 11.3. The zero-order chi connectivity index (χ0) is 14.8. The molecule has 0 saturated heterocycles. The van der Waals surface area contributed by atoms with Crippen molar-refractivity contribution in [1.82, 2.24) is 0 Å². The summed E-state index contributed by atoms with van der Waals surface area (Å²) in [5.41, 5.74) is 10.9. The molecule has 0 spiro atoms. The molecule has 1 rings (SSSR count). The molecule has 0 fully saturated rings. The molecule has 0 aliphatic rings. The maximum absolute atomic E-state index is 10.9. The standard InChI is InChI=1S/C14H20N2O4/c15-13(17)19-10-6-2-5-9-12(20-14(16)18)11-7-3-1-4-8-11/h1,3-4,7-8,12H,2,5-6,9-10H2,(H2,15,17)(H2,16,18). The minimum Gasteiger partial charge on any atom is -0.450 e. The van der Waals surface area contributed by atoms with Crippen LogP contribution in [0.15, 0.2) is 30.3 Å². The summed E-state index contributed by atoms with van der Waals surface area (Å²) in [6, 6.07) is 9.44. The normalized spacial score (nSPS) is 11.6. The highest BCUT2D eigenvalue weighted by Gasteiger charge is 2.14. The van der Waals surface area contributed by atoms with Gasteiger partial charge in [0, 0.05) is 0 Å². The molecule has 20 heavy (non-hydrogen) atoms. The molecule has 1 aromatic carbocycles. The van der Waals surface area contributed by atoms with Crippen molar-refractivity contribution in [3.8, 4) is 0 Å². The van der Waals surface area contributed by atoms with E-state index in [1.807, 2.05) is 30.3 Å². The highest BCUT2D eigenvalue weighted by Crippen LogP contribution is 2.23. The van der Waals surface area contributed by atoms with Crippen molar-refractivity contribution in [3.05, 3.63) is 35.9 Å². The number of carbonyl (C=O) groups excluding carboxylic acids is 2. The maximum atomic E-state index is 10.9. The molecule has 0 heterocycles. The summed E-state index contributed by atoms with van der Waals surface area (Å²) in [6.45, 7) is 0.308. The zero-order valence-corrected chi connectivity index (χ0v) is 11.3. The Balaban J connectivity index is 2.35. The molecule has 1 unspecified atom stereocenters. The van der Waals surface area contributed by atoms with Gasteiger partial charge < -0.3 is 20.9 Å². The molecular formula is C14H20N2O4. The lowest BCUT2D eigenvalue weighted by molar-refractivity contribution is 0.0986. The number of hydrogen-bond acceptors (Lipinski definition) is 4. The second-order valence-electron chi connectivity index (χ2n) is 4.35. The van der Waals surface area contributed by atoms with E-state index in [0.29, 0.717) is 13.0 Å². The molecule has 0 aliphatic heterocycles. The lowest BCUT2D eigenvalue weighted by atomic mass is 10.0. The van der Waals surface area contributed by atoms with Gasteiger partial charge in [0.25, 0.3) is 0 Å². The average molecular weight is 280 g/mol. The van der Waals surface area contributed by atoms with Crippen LogP contribution in [0.5, 0.6) is 0 Å². The van der Waals surface area contributed by atoms with Crippen LogP contribution in [-0.4, -0.2) is 18.8 Å². The van der Waals surface area contributed by atoms with Gasteiger partial charge in [-0.2, -0.15) is 0 Å². The summed E-state index contributed by atoms with van der Waals surface area (Å²) in [5, 5.41) is 0. The highest BCUT2D eigenvalue weighted by molar-refractivity contribution is 5.65. The van der Waals surface area contributed by atoms with Gasteiger partial charge >= 0.3 is 12.2 Å². The number of primary amides is 2. The van der Waals surface area contributed by atoms with Crippen LogP contribution in [-0.2, 0) is 9.47 Å². The fourth-order valence-corrected chi connectivity index (χ4v) is 1.88. The van der Waals surface area contributed by atoms with Crippen LogP contribution >= 0.6 is 0 Å². The Kier molecular flexibility index (Phi) is 6.95. The number of benzene rings is 1. The van der Waals surface area contributed by atoms with Crippen LogP contribution in [0.2, 0.25) is 0 Å². The van der Waals surface area contributed by atoms with Crippen molar-refractivity contribution in [2.75, 3.05) is 6.61 Å². The molecule has 0 radical (unpaired) electrons. The first-order chi connectivity index (χ1) is 9.59. The van der Waals surface area contributed by atoms with Crippen LogP contribution in [0.25, 0.3) is 0 Å². The molecule has 6 nitrogen and oxygen atoms in total. The summed E-state index contributed by atoms with van der Waals surface area (Å²) in [5.74, 6) is 0. The summed E-state index contributed by atoms with van der Waals surface area (Å²) < 4.78 is 9.75. The number of ether oxygens (including phenoxy) is 2. The van der Waals surface area contributed by atoms with E-state index in [-0.39, 0.29) is 6.10 Å². The Morgan fingerprint density at radius 1 is 1.00 bits per heavy atom. The molecule has 0 aliphatic carbocycles. The second kappa shape index (κ2) is 8.79. The third kappa shape index (κ3) is 6.63. The van der Waals surface area contributed by atoms with E-state index in [9.17, 15) is 9.59 Å². The number of unbranched alkanes of at least 4 members (excludes halogenated alkanes) is 2. The average Bonchev–Trinajstić information content (AvgIpc) is 2.41. The predicted octanol–water partition coefficient (Wildman–Crippen LogP) is 2.48. The largest absolute Gasteiger partial charge is 0.450 e. The Hall–Kier alpha value is -2.24. The van der Waals surface area contributed by atoms with Gasteiger partial charge in [0.15, 0.2) is 0 Å². The first kappa shape index (κ1) is 15.8. The maximum Gasteiger partial charge on any atom is 0.405 e. The van der Waals surface area contributed by atoms with Crippen LogP contribution in [0, 0.1) is 0 Å².